The van der Waals surface area contributed by atoms with Crippen LogP contribution in [-0.2, 0) is 32.8 Å². The number of amides is 2. The minimum atomic E-state index is -0.499. The Morgan fingerprint density at radius 1 is 1.35 bits per heavy atom. The first-order valence-electron chi connectivity index (χ1n) is 8.92. The molecule has 0 radical (unpaired) electrons. The number of rotatable bonds is 5. The summed E-state index contributed by atoms with van der Waals surface area (Å²) in [6.07, 6.45) is 3.78. The van der Waals surface area contributed by atoms with Crippen LogP contribution >= 0.6 is 22.7 Å². The molecule has 4 heterocycles. The van der Waals surface area contributed by atoms with E-state index in [0.29, 0.717) is 25.9 Å². The molecule has 2 aliphatic rings. The van der Waals surface area contributed by atoms with Crippen molar-refractivity contribution in [3.8, 4) is 0 Å². The van der Waals surface area contributed by atoms with E-state index < -0.39 is 6.04 Å². The molecule has 0 bridgehead atoms. The van der Waals surface area contributed by atoms with Crippen molar-refractivity contribution in [2.45, 2.75) is 37.3 Å². The van der Waals surface area contributed by atoms with E-state index in [1.54, 1.807) is 22.7 Å². The third kappa shape index (κ3) is 3.31. The Kier molecular flexibility index (Phi) is 5.11. The largest absolute Gasteiger partial charge is 0.369 e. The lowest BCUT2D eigenvalue weighted by Gasteiger charge is -2.44. The molecule has 2 amide bonds. The summed E-state index contributed by atoms with van der Waals surface area (Å²) in [6, 6.07) is 3.70. The van der Waals surface area contributed by atoms with Crippen molar-refractivity contribution in [1.29, 1.82) is 0 Å². The Morgan fingerprint density at radius 2 is 2.19 bits per heavy atom. The molecule has 2 aromatic heterocycles. The van der Waals surface area contributed by atoms with E-state index in [0.717, 1.165) is 31.4 Å². The lowest BCUT2D eigenvalue weighted by atomic mass is 9.85. The van der Waals surface area contributed by atoms with Gasteiger partial charge >= 0.3 is 0 Å². The third-order valence-corrected chi connectivity index (χ3v) is 7.25. The molecule has 1 unspecified atom stereocenters. The molecule has 2 aromatic rings. The molecule has 7 heteroatoms. The molecule has 0 saturated carbocycles. The van der Waals surface area contributed by atoms with Crippen LogP contribution in [0.3, 0.4) is 0 Å². The molecular weight excluding hydrogens is 368 g/mol. The van der Waals surface area contributed by atoms with Crippen molar-refractivity contribution >= 4 is 35.0 Å². The Bertz CT molecular complexity index is 764. The fourth-order valence-electron chi connectivity index (χ4n) is 3.98. The van der Waals surface area contributed by atoms with Crippen molar-refractivity contribution in [3.63, 3.8) is 0 Å². The number of nitrogens with one attached hydrogen (secondary N) is 1. The van der Waals surface area contributed by atoms with Crippen LogP contribution in [-0.4, -0.2) is 43.0 Å². The number of piperidine rings is 1. The van der Waals surface area contributed by atoms with Crippen molar-refractivity contribution < 1.29 is 14.3 Å². The number of fused-ring (bicyclic) bond motifs is 2. The van der Waals surface area contributed by atoms with Crippen LogP contribution in [0.4, 0.5) is 0 Å². The number of ether oxygens (including phenoxy) is 1. The summed E-state index contributed by atoms with van der Waals surface area (Å²) >= 11 is 3.37. The van der Waals surface area contributed by atoms with E-state index in [9.17, 15) is 9.59 Å². The summed E-state index contributed by atoms with van der Waals surface area (Å²) in [5, 5.41) is 8.85. The Morgan fingerprint density at radius 3 is 2.92 bits per heavy atom. The third-order valence-electron chi connectivity index (χ3n) is 5.38. The fourth-order valence-corrected chi connectivity index (χ4v) is 5.83. The van der Waals surface area contributed by atoms with Gasteiger partial charge in [-0.1, -0.05) is 0 Å². The highest BCUT2D eigenvalue weighted by Crippen LogP contribution is 2.44. The molecule has 1 fully saturated rings. The summed E-state index contributed by atoms with van der Waals surface area (Å²) in [5.41, 5.74) is 2.26. The monoisotopic (exact) mass is 390 g/mol. The summed E-state index contributed by atoms with van der Waals surface area (Å²) < 4.78 is 6.21. The number of likely N-dealkylation sites (tertiary alicyclic amines) is 1. The van der Waals surface area contributed by atoms with Gasteiger partial charge in [0.15, 0.2) is 0 Å². The van der Waals surface area contributed by atoms with Crippen molar-refractivity contribution in [1.82, 2.24) is 10.2 Å². The standard InChI is InChI=1S/C19H22N2O3S2/c22-13-20-16(11-14-2-9-25-12-14)18(23)21-6-4-19(5-7-21)17-15(1-8-24-19)3-10-26-17/h2-3,9-10,12-13,16H,1,4-8,11H2,(H,20,22). The maximum absolute atomic E-state index is 13.0. The van der Waals surface area contributed by atoms with Crippen molar-refractivity contribution in [3.05, 3.63) is 44.3 Å². The zero-order valence-corrected chi connectivity index (χ0v) is 16.1. The molecular formula is C19H22N2O3S2. The Labute approximate surface area is 161 Å². The fraction of sp³-hybridized carbons (Fsp3) is 0.474. The normalized spacial score (nSPS) is 19.8. The zero-order chi connectivity index (χ0) is 18.0. The first kappa shape index (κ1) is 17.7. The Balaban J connectivity index is 1.44. The van der Waals surface area contributed by atoms with Gasteiger partial charge in [-0.3, -0.25) is 9.59 Å². The highest BCUT2D eigenvalue weighted by molar-refractivity contribution is 7.10. The van der Waals surface area contributed by atoms with Gasteiger partial charge < -0.3 is 15.0 Å². The molecule has 5 nitrogen and oxygen atoms in total. The minimum Gasteiger partial charge on any atom is -0.369 e. The van der Waals surface area contributed by atoms with Gasteiger partial charge in [-0.2, -0.15) is 11.3 Å². The maximum Gasteiger partial charge on any atom is 0.245 e. The SMILES string of the molecule is O=CNC(Cc1ccsc1)C(=O)N1CCC2(CC1)OCCc1ccsc12. The smallest absolute Gasteiger partial charge is 0.245 e. The van der Waals surface area contributed by atoms with Crippen LogP contribution in [0.5, 0.6) is 0 Å². The topological polar surface area (TPSA) is 58.6 Å². The average molecular weight is 391 g/mol. The number of hydrogen-bond donors (Lipinski definition) is 1. The lowest BCUT2D eigenvalue weighted by Crippen LogP contribution is -2.53. The Hall–Kier alpha value is -1.70. The van der Waals surface area contributed by atoms with E-state index in [1.165, 1.54) is 10.4 Å². The molecule has 2 aliphatic heterocycles. The second-order valence-electron chi connectivity index (χ2n) is 6.87. The van der Waals surface area contributed by atoms with Crippen LogP contribution in [0.15, 0.2) is 28.3 Å². The molecule has 0 aliphatic carbocycles. The number of carbonyl (C=O) groups is 2. The number of thiophene rings is 2. The van der Waals surface area contributed by atoms with E-state index in [2.05, 4.69) is 16.8 Å². The first-order valence-corrected chi connectivity index (χ1v) is 10.7. The highest BCUT2D eigenvalue weighted by atomic mass is 32.1. The van der Waals surface area contributed by atoms with Gasteiger partial charge in [0, 0.05) is 24.4 Å². The number of hydrogen-bond acceptors (Lipinski definition) is 5. The number of carbonyl (C=O) groups excluding carboxylic acids is 2. The zero-order valence-electron chi connectivity index (χ0n) is 14.5. The van der Waals surface area contributed by atoms with Crippen LogP contribution < -0.4 is 5.32 Å². The summed E-state index contributed by atoms with van der Waals surface area (Å²) in [7, 11) is 0. The van der Waals surface area contributed by atoms with Gasteiger partial charge in [-0.25, -0.2) is 0 Å². The second-order valence-corrected chi connectivity index (χ2v) is 8.56. The van der Waals surface area contributed by atoms with Crippen molar-refractivity contribution in [2.24, 2.45) is 0 Å². The van der Waals surface area contributed by atoms with Gasteiger partial charge in [0.1, 0.15) is 11.6 Å². The van der Waals surface area contributed by atoms with E-state index in [1.807, 2.05) is 21.7 Å². The molecule has 1 atom stereocenters. The van der Waals surface area contributed by atoms with Crippen LogP contribution in [0, 0.1) is 0 Å². The molecule has 1 saturated heterocycles. The average Bonchev–Trinajstić information content (AvgIpc) is 3.34. The van der Waals surface area contributed by atoms with Crippen LogP contribution in [0.2, 0.25) is 0 Å². The quantitative estimate of drug-likeness (QED) is 0.799. The van der Waals surface area contributed by atoms with Crippen LogP contribution in [0.25, 0.3) is 0 Å². The summed E-state index contributed by atoms with van der Waals surface area (Å²) in [6.45, 7) is 2.08. The molecule has 1 spiro atoms. The number of nitrogens with zero attached hydrogens (tertiary/aromatic N) is 1. The van der Waals surface area contributed by atoms with E-state index >= 15 is 0 Å². The molecule has 4 rings (SSSR count). The van der Waals surface area contributed by atoms with E-state index in [-0.39, 0.29) is 11.5 Å². The summed E-state index contributed by atoms with van der Waals surface area (Å²) in [5.74, 6) is 0.000336. The summed E-state index contributed by atoms with van der Waals surface area (Å²) in [4.78, 5) is 27.2. The predicted molar refractivity (Wildman–Crippen MR) is 102 cm³/mol. The van der Waals surface area contributed by atoms with Gasteiger partial charge in [0.2, 0.25) is 12.3 Å². The lowest BCUT2D eigenvalue weighted by molar-refractivity contribution is -0.143. The van der Waals surface area contributed by atoms with Gasteiger partial charge in [-0.05, 0) is 58.7 Å². The maximum atomic E-state index is 13.0. The van der Waals surface area contributed by atoms with Gasteiger partial charge in [0.25, 0.3) is 0 Å². The van der Waals surface area contributed by atoms with Crippen LogP contribution in [0.1, 0.15) is 28.8 Å². The first-order chi connectivity index (χ1) is 12.7. The molecule has 26 heavy (non-hydrogen) atoms. The molecule has 138 valence electrons. The van der Waals surface area contributed by atoms with Crippen molar-refractivity contribution in [2.75, 3.05) is 19.7 Å². The minimum absolute atomic E-state index is 0.000336. The second kappa shape index (κ2) is 7.50. The van der Waals surface area contributed by atoms with E-state index in [4.69, 9.17) is 4.74 Å². The highest BCUT2D eigenvalue weighted by Gasteiger charge is 2.43. The van der Waals surface area contributed by atoms with Gasteiger partial charge in [0.05, 0.1) is 6.61 Å². The predicted octanol–water partition coefficient (Wildman–Crippen LogP) is 2.56. The van der Waals surface area contributed by atoms with Gasteiger partial charge in [-0.15, -0.1) is 11.3 Å². The molecule has 1 N–H and O–H groups in total. The molecule has 0 aromatic carbocycles.